The predicted octanol–water partition coefficient (Wildman–Crippen LogP) is 0.685. The van der Waals surface area contributed by atoms with Gasteiger partial charge in [-0.15, -0.1) is 0 Å². The van der Waals surface area contributed by atoms with E-state index in [4.69, 9.17) is 9.73 Å². The maximum Gasteiger partial charge on any atom is 0.219 e. The second kappa shape index (κ2) is 8.22. The minimum absolute atomic E-state index is 0.162. The molecule has 0 aromatic heterocycles. The van der Waals surface area contributed by atoms with Gasteiger partial charge in [-0.3, -0.25) is 9.79 Å². The molecular weight excluding hydrogens is 268 g/mol. The van der Waals surface area contributed by atoms with Gasteiger partial charge in [-0.1, -0.05) is 0 Å². The monoisotopic (exact) mass is 296 g/mol. The first kappa shape index (κ1) is 16.1. The summed E-state index contributed by atoms with van der Waals surface area (Å²) in [7, 11) is 0. The van der Waals surface area contributed by atoms with Crippen LogP contribution in [0.2, 0.25) is 0 Å². The molecule has 0 radical (unpaired) electrons. The lowest BCUT2D eigenvalue weighted by Gasteiger charge is -2.36. The van der Waals surface area contributed by atoms with E-state index in [0.29, 0.717) is 6.10 Å². The van der Waals surface area contributed by atoms with Crippen LogP contribution >= 0.6 is 0 Å². The lowest BCUT2D eigenvalue weighted by molar-refractivity contribution is -0.130. The molecule has 2 fully saturated rings. The van der Waals surface area contributed by atoms with E-state index in [1.807, 2.05) is 4.90 Å². The van der Waals surface area contributed by atoms with Crippen molar-refractivity contribution < 1.29 is 9.53 Å². The van der Waals surface area contributed by atoms with Crippen molar-refractivity contribution in [2.24, 2.45) is 4.99 Å². The number of guanidine groups is 1. The molecule has 2 aliphatic heterocycles. The first-order valence-electron chi connectivity index (χ1n) is 8.11. The Kier molecular flexibility index (Phi) is 6.29. The third-order valence-corrected chi connectivity index (χ3v) is 4.10. The minimum atomic E-state index is 0.162. The minimum Gasteiger partial charge on any atom is -0.378 e. The number of aliphatic imine (C=N–C) groups is 1. The fraction of sp³-hybridized carbons (Fsp3) is 0.867. The zero-order chi connectivity index (χ0) is 15.1. The second-order valence-electron chi connectivity index (χ2n) is 5.65. The maximum atomic E-state index is 11.4. The normalized spacial score (nSPS) is 23.5. The van der Waals surface area contributed by atoms with E-state index in [9.17, 15) is 4.79 Å². The molecule has 1 atom stereocenters. The van der Waals surface area contributed by atoms with Crippen LogP contribution in [-0.2, 0) is 9.53 Å². The molecule has 0 aliphatic carbocycles. The van der Waals surface area contributed by atoms with Crippen molar-refractivity contribution in [3.63, 3.8) is 0 Å². The van der Waals surface area contributed by atoms with Gasteiger partial charge in [-0.2, -0.15) is 0 Å². The molecule has 2 heterocycles. The lowest BCUT2D eigenvalue weighted by Crippen LogP contribution is -2.53. The van der Waals surface area contributed by atoms with Crippen LogP contribution < -0.4 is 5.32 Å². The Hall–Kier alpha value is -1.30. The second-order valence-corrected chi connectivity index (χ2v) is 5.65. The third-order valence-electron chi connectivity index (χ3n) is 4.10. The highest BCUT2D eigenvalue weighted by Crippen LogP contribution is 2.15. The Bertz CT molecular complexity index is 359. The summed E-state index contributed by atoms with van der Waals surface area (Å²) in [6, 6.07) is 0. The SMILES string of the molecule is CCNC(=NCCC1CCCO1)N1CCN(C(C)=O)CC1. The molecule has 6 heteroatoms. The van der Waals surface area contributed by atoms with Crippen LogP contribution in [0.25, 0.3) is 0 Å². The van der Waals surface area contributed by atoms with E-state index in [1.165, 1.54) is 12.8 Å². The van der Waals surface area contributed by atoms with Gasteiger partial charge in [-0.25, -0.2) is 0 Å². The van der Waals surface area contributed by atoms with Crippen LogP contribution in [0.1, 0.15) is 33.1 Å². The Morgan fingerprint density at radius 3 is 2.57 bits per heavy atom. The van der Waals surface area contributed by atoms with E-state index in [-0.39, 0.29) is 5.91 Å². The number of amides is 1. The molecular formula is C15H28N4O2. The van der Waals surface area contributed by atoms with Gasteiger partial charge in [0.15, 0.2) is 5.96 Å². The van der Waals surface area contributed by atoms with Gasteiger partial charge in [-0.05, 0) is 26.2 Å². The van der Waals surface area contributed by atoms with Crippen molar-refractivity contribution >= 4 is 11.9 Å². The molecule has 2 aliphatic rings. The Labute approximate surface area is 127 Å². The van der Waals surface area contributed by atoms with E-state index in [0.717, 1.165) is 58.3 Å². The molecule has 0 spiro atoms. The number of hydrogen-bond donors (Lipinski definition) is 1. The maximum absolute atomic E-state index is 11.4. The van der Waals surface area contributed by atoms with Crippen LogP contribution in [0.15, 0.2) is 4.99 Å². The molecule has 0 aromatic rings. The number of carbonyl (C=O) groups excluding carboxylic acids is 1. The summed E-state index contributed by atoms with van der Waals surface area (Å²) in [5, 5.41) is 3.35. The highest BCUT2D eigenvalue weighted by atomic mass is 16.5. The summed E-state index contributed by atoms with van der Waals surface area (Å²) in [6.07, 6.45) is 3.75. The smallest absolute Gasteiger partial charge is 0.219 e. The van der Waals surface area contributed by atoms with E-state index >= 15 is 0 Å². The van der Waals surface area contributed by atoms with Gasteiger partial charge in [0.05, 0.1) is 6.10 Å². The van der Waals surface area contributed by atoms with Crippen molar-refractivity contribution in [1.82, 2.24) is 15.1 Å². The molecule has 1 unspecified atom stereocenters. The van der Waals surface area contributed by atoms with Crippen molar-refractivity contribution in [2.75, 3.05) is 45.9 Å². The zero-order valence-corrected chi connectivity index (χ0v) is 13.3. The Morgan fingerprint density at radius 2 is 2.00 bits per heavy atom. The molecule has 0 aromatic carbocycles. The molecule has 2 rings (SSSR count). The topological polar surface area (TPSA) is 57.2 Å². The van der Waals surface area contributed by atoms with Crippen LogP contribution in [0.3, 0.4) is 0 Å². The molecule has 0 bridgehead atoms. The number of ether oxygens (including phenoxy) is 1. The molecule has 6 nitrogen and oxygen atoms in total. The standard InChI is InChI=1S/C15H28N4O2/c1-3-16-15(17-7-6-14-5-4-12-21-14)19-10-8-18(9-11-19)13(2)20/h14H,3-12H2,1-2H3,(H,16,17). The Morgan fingerprint density at radius 1 is 1.29 bits per heavy atom. The zero-order valence-electron chi connectivity index (χ0n) is 13.3. The number of hydrogen-bond acceptors (Lipinski definition) is 3. The number of carbonyl (C=O) groups is 1. The van der Waals surface area contributed by atoms with Crippen LogP contribution in [0, 0.1) is 0 Å². The van der Waals surface area contributed by atoms with E-state index < -0.39 is 0 Å². The number of rotatable bonds is 4. The van der Waals surface area contributed by atoms with Gasteiger partial charge in [0.1, 0.15) is 0 Å². The highest BCUT2D eigenvalue weighted by Gasteiger charge is 2.21. The van der Waals surface area contributed by atoms with Crippen molar-refractivity contribution in [3.05, 3.63) is 0 Å². The van der Waals surface area contributed by atoms with Crippen LogP contribution in [0.5, 0.6) is 0 Å². The quantitative estimate of drug-likeness (QED) is 0.612. The van der Waals surface area contributed by atoms with E-state index in [2.05, 4.69) is 17.1 Å². The number of piperazine rings is 1. The predicted molar refractivity (Wildman–Crippen MR) is 83.4 cm³/mol. The van der Waals surface area contributed by atoms with Gasteiger partial charge in [0.25, 0.3) is 0 Å². The molecule has 0 saturated carbocycles. The highest BCUT2D eigenvalue weighted by molar-refractivity contribution is 5.80. The summed E-state index contributed by atoms with van der Waals surface area (Å²) in [6.45, 7) is 9.57. The molecule has 1 N–H and O–H groups in total. The first-order valence-corrected chi connectivity index (χ1v) is 8.11. The number of nitrogens with zero attached hydrogens (tertiary/aromatic N) is 3. The van der Waals surface area contributed by atoms with Gasteiger partial charge >= 0.3 is 0 Å². The van der Waals surface area contributed by atoms with E-state index in [1.54, 1.807) is 6.92 Å². The van der Waals surface area contributed by atoms with Gasteiger partial charge < -0.3 is 19.9 Å². The van der Waals surface area contributed by atoms with Crippen molar-refractivity contribution in [3.8, 4) is 0 Å². The average Bonchev–Trinajstić information content (AvgIpc) is 3.00. The van der Waals surface area contributed by atoms with Gasteiger partial charge in [0.2, 0.25) is 5.91 Å². The third kappa shape index (κ3) is 4.88. The summed E-state index contributed by atoms with van der Waals surface area (Å²) < 4.78 is 5.63. The largest absolute Gasteiger partial charge is 0.378 e. The molecule has 120 valence electrons. The first-order chi connectivity index (χ1) is 10.2. The fourth-order valence-electron chi connectivity index (χ4n) is 2.85. The Balaban J connectivity index is 1.81. The summed E-state index contributed by atoms with van der Waals surface area (Å²) in [5.74, 6) is 1.13. The van der Waals surface area contributed by atoms with Crippen LogP contribution in [-0.4, -0.2) is 73.6 Å². The number of nitrogens with one attached hydrogen (secondary N) is 1. The fourth-order valence-corrected chi connectivity index (χ4v) is 2.85. The molecule has 1 amide bonds. The summed E-state index contributed by atoms with van der Waals surface area (Å²) in [4.78, 5) is 20.2. The molecule has 2 saturated heterocycles. The lowest BCUT2D eigenvalue weighted by atomic mass is 10.2. The average molecular weight is 296 g/mol. The van der Waals surface area contributed by atoms with Gasteiger partial charge in [0, 0.05) is 52.8 Å². The van der Waals surface area contributed by atoms with Crippen molar-refractivity contribution in [2.45, 2.75) is 39.2 Å². The summed E-state index contributed by atoms with van der Waals surface area (Å²) in [5.41, 5.74) is 0. The van der Waals surface area contributed by atoms with Crippen LogP contribution in [0.4, 0.5) is 0 Å². The summed E-state index contributed by atoms with van der Waals surface area (Å²) >= 11 is 0. The van der Waals surface area contributed by atoms with Crippen molar-refractivity contribution in [1.29, 1.82) is 0 Å². The molecule has 21 heavy (non-hydrogen) atoms.